The first-order valence-electron chi connectivity index (χ1n) is 10.7. The molecule has 178 valence electrons. The van der Waals surface area contributed by atoms with Gasteiger partial charge < -0.3 is 20.1 Å². The molecule has 0 spiro atoms. The number of methoxy groups -OCH3 is 2. The predicted molar refractivity (Wildman–Crippen MR) is 135 cm³/mol. The monoisotopic (exact) mass is 500 g/mol. The van der Waals surface area contributed by atoms with Crippen molar-refractivity contribution in [2.24, 2.45) is 0 Å². The SMILES string of the molecule is COc1ccc(CCNC(=O)c2ccccc2NC(=O)CCc2ccc(Cl)c(Cl)c2)cc1OC. The number of ether oxygens (including phenoxy) is 2. The normalized spacial score (nSPS) is 10.5. The van der Waals surface area contributed by atoms with Gasteiger partial charge in [0.05, 0.1) is 35.5 Å². The Labute approximate surface area is 209 Å². The molecule has 8 heteroatoms. The molecule has 0 aromatic heterocycles. The average Bonchev–Trinajstić information content (AvgIpc) is 2.84. The highest BCUT2D eigenvalue weighted by molar-refractivity contribution is 6.42. The Morgan fingerprint density at radius 2 is 1.53 bits per heavy atom. The number of amides is 2. The summed E-state index contributed by atoms with van der Waals surface area (Å²) in [5.74, 6) is 0.830. The summed E-state index contributed by atoms with van der Waals surface area (Å²) in [6.07, 6.45) is 1.36. The highest BCUT2D eigenvalue weighted by Gasteiger charge is 2.13. The molecule has 34 heavy (non-hydrogen) atoms. The summed E-state index contributed by atoms with van der Waals surface area (Å²) in [5.41, 5.74) is 2.77. The lowest BCUT2D eigenvalue weighted by Gasteiger charge is -2.12. The summed E-state index contributed by atoms with van der Waals surface area (Å²) in [5, 5.41) is 6.67. The highest BCUT2D eigenvalue weighted by Crippen LogP contribution is 2.27. The first kappa shape index (κ1) is 25.4. The summed E-state index contributed by atoms with van der Waals surface area (Å²) >= 11 is 12.0. The zero-order valence-corrected chi connectivity index (χ0v) is 20.5. The van der Waals surface area contributed by atoms with Crippen LogP contribution in [0, 0.1) is 0 Å². The van der Waals surface area contributed by atoms with E-state index in [1.807, 2.05) is 24.3 Å². The second kappa shape index (κ2) is 12.3. The van der Waals surface area contributed by atoms with E-state index in [2.05, 4.69) is 10.6 Å². The summed E-state index contributed by atoms with van der Waals surface area (Å²) in [7, 11) is 3.17. The number of benzene rings is 3. The minimum atomic E-state index is -0.263. The van der Waals surface area contributed by atoms with Crippen molar-refractivity contribution in [1.82, 2.24) is 5.32 Å². The van der Waals surface area contributed by atoms with Crippen LogP contribution in [-0.2, 0) is 17.6 Å². The van der Waals surface area contributed by atoms with Gasteiger partial charge in [-0.3, -0.25) is 9.59 Å². The molecule has 0 saturated heterocycles. The van der Waals surface area contributed by atoms with E-state index in [1.165, 1.54) is 0 Å². The van der Waals surface area contributed by atoms with Crippen LogP contribution in [0.2, 0.25) is 10.0 Å². The Morgan fingerprint density at radius 3 is 2.26 bits per heavy atom. The number of nitrogens with one attached hydrogen (secondary N) is 2. The fraction of sp³-hybridized carbons (Fsp3) is 0.231. The van der Waals surface area contributed by atoms with E-state index < -0.39 is 0 Å². The molecule has 0 bridgehead atoms. The number of halogens is 2. The van der Waals surface area contributed by atoms with Gasteiger partial charge in [-0.05, 0) is 60.4 Å². The maximum atomic E-state index is 12.8. The van der Waals surface area contributed by atoms with Crippen LogP contribution < -0.4 is 20.1 Å². The molecule has 2 amide bonds. The van der Waals surface area contributed by atoms with Gasteiger partial charge in [-0.1, -0.05) is 47.5 Å². The van der Waals surface area contributed by atoms with Crippen molar-refractivity contribution in [3.05, 3.63) is 87.4 Å². The van der Waals surface area contributed by atoms with Crippen LogP contribution in [-0.4, -0.2) is 32.6 Å². The van der Waals surface area contributed by atoms with Crippen molar-refractivity contribution < 1.29 is 19.1 Å². The Hall–Kier alpha value is -3.22. The summed E-state index contributed by atoms with van der Waals surface area (Å²) in [6, 6.07) is 17.8. The number of hydrogen-bond donors (Lipinski definition) is 2. The van der Waals surface area contributed by atoms with Crippen molar-refractivity contribution in [3.63, 3.8) is 0 Å². The van der Waals surface area contributed by atoms with E-state index in [0.29, 0.717) is 52.2 Å². The van der Waals surface area contributed by atoms with Crippen LogP contribution >= 0.6 is 23.2 Å². The van der Waals surface area contributed by atoms with Gasteiger partial charge in [-0.25, -0.2) is 0 Å². The topological polar surface area (TPSA) is 76.7 Å². The minimum absolute atomic E-state index is 0.198. The smallest absolute Gasteiger partial charge is 0.253 e. The average molecular weight is 501 g/mol. The molecule has 0 aliphatic heterocycles. The molecule has 3 rings (SSSR count). The molecule has 2 N–H and O–H groups in total. The van der Waals surface area contributed by atoms with E-state index >= 15 is 0 Å². The number of carbonyl (C=O) groups excluding carboxylic acids is 2. The van der Waals surface area contributed by atoms with Crippen LogP contribution in [0.3, 0.4) is 0 Å². The number of para-hydroxylation sites is 1. The molecule has 0 heterocycles. The lowest BCUT2D eigenvalue weighted by molar-refractivity contribution is -0.116. The zero-order valence-electron chi connectivity index (χ0n) is 19.0. The summed E-state index contributed by atoms with van der Waals surface area (Å²) < 4.78 is 10.6. The molecule has 3 aromatic carbocycles. The number of hydrogen-bond acceptors (Lipinski definition) is 4. The van der Waals surface area contributed by atoms with Crippen LogP contribution in [0.5, 0.6) is 11.5 Å². The van der Waals surface area contributed by atoms with Gasteiger partial charge >= 0.3 is 0 Å². The molecule has 0 fully saturated rings. The van der Waals surface area contributed by atoms with E-state index in [0.717, 1.165) is 11.1 Å². The lowest BCUT2D eigenvalue weighted by atomic mass is 10.1. The van der Waals surface area contributed by atoms with Crippen molar-refractivity contribution >= 4 is 40.7 Å². The minimum Gasteiger partial charge on any atom is -0.493 e. The van der Waals surface area contributed by atoms with Gasteiger partial charge in [0.2, 0.25) is 5.91 Å². The molecule has 0 aliphatic carbocycles. The number of anilines is 1. The standard InChI is InChI=1S/C26H26Cl2N2O4/c1-33-23-11-8-18(16-24(23)34-2)13-14-29-26(32)19-5-3-4-6-22(19)30-25(31)12-9-17-7-10-20(27)21(28)15-17/h3-8,10-11,15-16H,9,12-14H2,1-2H3,(H,29,32)(H,30,31). The van der Waals surface area contributed by atoms with Gasteiger partial charge in [0.25, 0.3) is 5.91 Å². The van der Waals surface area contributed by atoms with Crippen molar-refractivity contribution in [2.75, 3.05) is 26.1 Å². The summed E-state index contributed by atoms with van der Waals surface area (Å²) in [4.78, 5) is 25.3. The van der Waals surface area contributed by atoms with Crippen molar-refractivity contribution in [2.45, 2.75) is 19.3 Å². The molecular formula is C26H26Cl2N2O4. The number of carbonyl (C=O) groups is 2. The van der Waals surface area contributed by atoms with E-state index in [1.54, 1.807) is 50.6 Å². The zero-order chi connectivity index (χ0) is 24.5. The fourth-order valence-electron chi connectivity index (χ4n) is 3.41. The maximum Gasteiger partial charge on any atom is 0.253 e. The van der Waals surface area contributed by atoms with Crippen LogP contribution in [0.25, 0.3) is 0 Å². The Kier molecular flexibility index (Phi) is 9.19. The van der Waals surface area contributed by atoms with Crippen LogP contribution in [0.4, 0.5) is 5.69 Å². The first-order chi connectivity index (χ1) is 16.4. The molecule has 0 atom stereocenters. The van der Waals surface area contributed by atoms with Gasteiger partial charge in [-0.2, -0.15) is 0 Å². The van der Waals surface area contributed by atoms with Gasteiger partial charge in [-0.15, -0.1) is 0 Å². The van der Waals surface area contributed by atoms with E-state index in [-0.39, 0.29) is 18.2 Å². The Bertz CT molecular complexity index is 1170. The third-order valence-corrected chi connectivity index (χ3v) is 5.96. The molecule has 0 unspecified atom stereocenters. The fourth-order valence-corrected chi connectivity index (χ4v) is 3.73. The number of rotatable bonds is 10. The maximum absolute atomic E-state index is 12.8. The van der Waals surface area contributed by atoms with Gasteiger partial charge in [0, 0.05) is 13.0 Å². The molecule has 0 radical (unpaired) electrons. The second-order valence-corrected chi connectivity index (χ2v) is 8.35. The highest BCUT2D eigenvalue weighted by atomic mass is 35.5. The molecule has 0 saturated carbocycles. The third-order valence-electron chi connectivity index (χ3n) is 5.22. The first-order valence-corrected chi connectivity index (χ1v) is 11.5. The second-order valence-electron chi connectivity index (χ2n) is 7.54. The van der Waals surface area contributed by atoms with Crippen LogP contribution in [0.15, 0.2) is 60.7 Å². The lowest BCUT2D eigenvalue weighted by Crippen LogP contribution is -2.27. The predicted octanol–water partition coefficient (Wildman–Crippen LogP) is 5.55. The number of aryl methyl sites for hydroxylation is 1. The molecule has 6 nitrogen and oxygen atoms in total. The van der Waals surface area contributed by atoms with E-state index in [4.69, 9.17) is 32.7 Å². The quantitative estimate of drug-likeness (QED) is 0.382. The van der Waals surface area contributed by atoms with Crippen molar-refractivity contribution in [1.29, 1.82) is 0 Å². The Morgan fingerprint density at radius 1 is 0.824 bits per heavy atom. The van der Waals surface area contributed by atoms with Crippen LogP contribution in [0.1, 0.15) is 27.9 Å². The van der Waals surface area contributed by atoms with Gasteiger partial charge in [0.15, 0.2) is 11.5 Å². The van der Waals surface area contributed by atoms with E-state index in [9.17, 15) is 9.59 Å². The van der Waals surface area contributed by atoms with Gasteiger partial charge in [0.1, 0.15) is 0 Å². The Balaban J connectivity index is 1.55. The molecular weight excluding hydrogens is 475 g/mol. The largest absolute Gasteiger partial charge is 0.493 e. The van der Waals surface area contributed by atoms with Crippen molar-refractivity contribution in [3.8, 4) is 11.5 Å². The third kappa shape index (κ3) is 6.89. The molecule has 0 aliphatic rings. The summed E-state index contributed by atoms with van der Waals surface area (Å²) in [6.45, 7) is 0.425. The molecule has 3 aromatic rings.